The summed E-state index contributed by atoms with van der Waals surface area (Å²) in [6.07, 6.45) is 1.65. The van der Waals surface area contributed by atoms with Crippen LogP contribution in [0.2, 0.25) is 0 Å². The van der Waals surface area contributed by atoms with Crippen molar-refractivity contribution in [3.05, 3.63) is 105 Å². The topological polar surface area (TPSA) is 63.4 Å². The lowest BCUT2D eigenvalue weighted by atomic mass is 9.98. The SMILES string of the molecule is Cc1ccc(N2C(=O)c3oc4ccccc4c(=O)c3[C@@H]2c2ccc(F)cc2)nc1. The number of aromatic nitrogens is 1. The van der Waals surface area contributed by atoms with Crippen LogP contribution in [0.4, 0.5) is 10.2 Å². The third kappa shape index (κ3) is 2.64. The summed E-state index contributed by atoms with van der Waals surface area (Å²) in [5.74, 6) is -0.465. The van der Waals surface area contributed by atoms with Gasteiger partial charge in [-0.15, -0.1) is 0 Å². The number of aryl methyl sites for hydroxylation is 1. The Morgan fingerprint density at radius 1 is 1.00 bits per heavy atom. The number of anilines is 1. The molecule has 6 heteroatoms. The van der Waals surface area contributed by atoms with Gasteiger partial charge in [0.1, 0.15) is 17.2 Å². The molecule has 1 aliphatic rings. The molecular weight excluding hydrogens is 371 g/mol. The van der Waals surface area contributed by atoms with Crippen LogP contribution in [0.1, 0.15) is 33.3 Å². The fourth-order valence-corrected chi connectivity index (χ4v) is 3.72. The van der Waals surface area contributed by atoms with Gasteiger partial charge in [-0.25, -0.2) is 9.37 Å². The monoisotopic (exact) mass is 386 g/mol. The van der Waals surface area contributed by atoms with Crippen molar-refractivity contribution in [3.8, 4) is 0 Å². The van der Waals surface area contributed by atoms with Crippen molar-refractivity contribution in [2.24, 2.45) is 0 Å². The van der Waals surface area contributed by atoms with E-state index in [1.807, 2.05) is 13.0 Å². The molecule has 0 fully saturated rings. The van der Waals surface area contributed by atoms with Crippen LogP contribution < -0.4 is 10.3 Å². The Bertz CT molecular complexity index is 1310. The molecule has 2 aromatic heterocycles. The minimum absolute atomic E-state index is 0.00889. The first-order chi connectivity index (χ1) is 14.0. The first-order valence-corrected chi connectivity index (χ1v) is 9.12. The molecule has 0 radical (unpaired) electrons. The number of amides is 1. The van der Waals surface area contributed by atoms with Gasteiger partial charge in [0, 0.05) is 6.20 Å². The minimum atomic E-state index is -0.755. The Kier molecular flexibility index (Phi) is 3.81. The predicted octanol–water partition coefficient (Wildman–Crippen LogP) is 4.39. The second-order valence-electron chi connectivity index (χ2n) is 6.99. The van der Waals surface area contributed by atoms with Crippen molar-refractivity contribution in [1.82, 2.24) is 4.98 Å². The lowest BCUT2D eigenvalue weighted by molar-refractivity contribution is 0.0970. The van der Waals surface area contributed by atoms with Gasteiger partial charge in [0.05, 0.1) is 17.0 Å². The van der Waals surface area contributed by atoms with E-state index >= 15 is 0 Å². The van der Waals surface area contributed by atoms with E-state index in [1.165, 1.54) is 17.0 Å². The van der Waals surface area contributed by atoms with E-state index in [0.29, 0.717) is 22.4 Å². The zero-order chi connectivity index (χ0) is 20.1. The van der Waals surface area contributed by atoms with Crippen molar-refractivity contribution in [1.29, 1.82) is 0 Å². The van der Waals surface area contributed by atoms with E-state index in [0.717, 1.165) is 5.56 Å². The van der Waals surface area contributed by atoms with Crippen LogP contribution in [0.15, 0.2) is 76.1 Å². The third-order valence-corrected chi connectivity index (χ3v) is 5.11. The molecule has 5 nitrogen and oxygen atoms in total. The summed E-state index contributed by atoms with van der Waals surface area (Å²) < 4.78 is 19.4. The summed E-state index contributed by atoms with van der Waals surface area (Å²) in [5, 5.41) is 0.393. The summed E-state index contributed by atoms with van der Waals surface area (Å²) in [5.41, 5.74) is 1.85. The number of benzene rings is 2. The number of carbonyl (C=O) groups excluding carboxylic acids is 1. The van der Waals surface area contributed by atoms with E-state index in [1.54, 1.807) is 48.7 Å². The number of fused-ring (bicyclic) bond motifs is 2. The number of nitrogens with zero attached hydrogens (tertiary/aromatic N) is 2. The highest BCUT2D eigenvalue weighted by Crippen LogP contribution is 2.40. The standard InChI is InChI=1S/C23H15FN2O3/c1-13-6-11-18(25-12-13)26-20(14-7-9-15(24)10-8-14)19-21(27)16-4-2-3-5-17(16)29-22(19)23(26)28/h2-12,20H,1H3/t20-/m0/s1. The van der Waals surface area contributed by atoms with Gasteiger partial charge in [0.2, 0.25) is 5.76 Å². The maximum absolute atomic E-state index is 13.5. The Morgan fingerprint density at radius 3 is 2.48 bits per heavy atom. The number of pyridine rings is 1. The Morgan fingerprint density at radius 2 is 1.76 bits per heavy atom. The van der Waals surface area contributed by atoms with Crippen LogP contribution >= 0.6 is 0 Å². The Labute approximate surface area is 165 Å². The highest BCUT2D eigenvalue weighted by Gasteiger charge is 2.44. The average molecular weight is 386 g/mol. The van der Waals surface area contributed by atoms with E-state index in [2.05, 4.69) is 4.98 Å². The molecule has 5 rings (SSSR count). The van der Waals surface area contributed by atoms with Gasteiger partial charge in [0.25, 0.3) is 5.91 Å². The van der Waals surface area contributed by atoms with Gasteiger partial charge in [-0.05, 0) is 48.4 Å². The second kappa shape index (κ2) is 6.38. The van der Waals surface area contributed by atoms with Gasteiger partial charge in [0.15, 0.2) is 5.43 Å². The first kappa shape index (κ1) is 17.3. The van der Waals surface area contributed by atoms with E-state index in [9.17, 15) is 14.0 Å². The van der Waals surface area contributed by atoms with Crippen molar-refractivity contribution in [2.45, 2.75) is 13.0 Å². The molecule has 1 aliphatic heterocycles. The van der Waals surface area contributed by atoms with Crippen LogP contribution in [0.3, 0.4) is 0 Å². The Balaban J connectivity index is 1.81. The summed E-state index contributed by atoms with van der Waals surface area (Å²) in [4.78, 5) is 32.4. The van der Waals surface area contributed by atoms with Crippen LogP contribution in [-0.4, -0.2) is 10.9 Å². The predicted molar refractivity (Wildman–Crippen MR) is 107 cm³/mol. The van der Waals surface area contributed by atoms with Gasteiger partial charge in [-0.1, -0.05) is 30.3 Å². The van der Waals surface area contributed by atoms with Gasteiger partial charge < -0.3 is 4.42 Å². The van der Waals surface area contributed by atoms with Gasteiger partial charge >= 0.3 is 0 Å². The van der Waals surface area contributed by atoms with Crippen molar-refractivity contribution in [2.75, 3.05) is 4.90 Å². The zero-order valence-corrected chi connectivity index (χ0v) is 15.4. The van der Waals surface area contributed by atoms with Crippen molar-refractivity contribution in [3.63, 3.8) is 0 Å². The Hall–Kier alpha value is -3.80. The summed E-state index contributed by atoms with van der Waals surface area (Å²) in [6, 6.07) is 15.4. The van der Waals surface area contributed by atoms with Crippen LogP contribution in [0, 0.1) is 12.7 Å². The molecule has 29 heavy (non-hydrogen) atoms. The van der Waals surface area contributed by atoms with Gasteiger partial charge in [-0.2, -0.15) is 0 Å². The van der Waals surface area contributed by atoms with E-state index in [4.69, 9.17) is 4.42 Å². The number of carbonyl (C=O) groups is 1. The molecule has 0 spiro atoms. The molecular formula is C23H15FN2O3. The summed E-state index contributed by atoms with van der Waals surface area (Å²) in [7, 11) is 0. The fourth-order valence-electron chi connectivity index (χ4n) is 3.72. The molecule has 0 N–H and O–H groups in total. The molecule has 2 aromatic carbocycles. The average Bonchev–Trinajstić information content (AvgIpc) is 3.02. The van der Waals surface area contributed by atoms with Crippen LogP contribution in [-0.2, 0) is 0 Å². The number of hydrogen-bond donors (Lipinski definition) is 0. The number of para-hydroxylation sites is 1. The summed E-state index contributed by atoms with van der Waals surface area (Å²) >= 11 is 0. The smallest absolute Gasteiger partial charge is 0.296 e. The maximum atomic E-state index is 13.5. The third-order valence-electron chi connectivity index (χ3n) is 5.11. The highest BCUT2D eigenvalue weighted by atomic mass is 19.1. The van der Waals surface area contributed by atoms with E-state index < -0.39 is 17.8 Å². The molecule has 0 aliphatic carbocycles. The van der Waals surface area contributed by atoms with Crippen LogP contribution in [0.5, 0.6) is 0 Å². The number of halogens is 1. The highest BCUT2D eigenvalue weighted by molar-refractivity contribution is 6.10. The van der Waals surface area contributed by atoms with Crippen LogP contribution in [0.25, 0.3) is 11.0 Å². The quantitative estimate of drug-likeness (QED) is 0.513. The molecule has 4 aromatic rings. The molecule has 0 unspecified atom stereocenters. The number of rotatable bonds is 2. The maximum Gasteiger partial charge on any atom is 0.296 e. The fraction of sp³-hybridized carbons (Fsp3) is 0.0870. The molecule has 1 atom stereocenters. The first-order valence-electron chi connectivity index (χ1n) is 9.12. The number of hydrogen-bond acceptors (Lipinski definition) is 4. The largest absolute Gasteiger partial charge is 0.450 e. The lowest BCUT2D eigenvalue weighted by Crippen LogP contribution is -2.30. The van der Waals surface area contributed by atoms with Gasteiger partial charge in [-0.3, -0.25) is 14.5 Å². The molecule has 0 bridgehead atoms. The molecule has 142 valence electrons. The zero-order valence-electron chi connectivity index (χ0n) is 15.4. The lowest BCUT2D eigenvalue weighted by Gasteiger charge is -2.24. The molecule has 1 amide bonds. The van der Waals surface area contributed by atoms with Crippen molar-refractivity contribution < 1.29 is 13.6 Å². The molecule has 0 saturated heterocycles. The normalized spacial score (nSPS) is 15.7. The summed E-state index contributed by atoms with van der Waals surface area (Å²) in [6.45, 7) is 1.90. The molecule has 3 heterocycles. The minimum Gasteiger partial charge on any atom is -0.450 e. The molecule has 0 saturated carbocycles. The van der Waals surface area contributed by atoms with E-state index in [-0.39, 0.29) is 16.8 Å². The second-order valence-corrected chi connectivity index (χ2v) is 6.99. The van der Waals surface area contributed by atoms with Crippen molar-refractivity contribution >= 4 is 22.7 Å².